The smallest absolute Gasteiger partial charge is 0.209 e. The van der Waals surface area contributed by atoms with E-state index >= 15 is 0 Å². The quantitative estimate of drug-likeness (QED) is 0.779. The molecule has 28 heavy (non-hydrogen) atoms. The van der Waals surface area contributed by atoms with Crippen molar-refractivity contribution in [2.75, 3.05) is 5.32 Å². The average molecular weight is 380 g/mol. The van der Waals surface area contributed by atoms with E-state index in [-0.39, 0.29) is 0 Å². The number of imidazole rings is 1. The summed E-state index contributed by atoms with van der Waals surface area (Å²) in [5.41, 5.74) is 0.394. The van der Waals surface area contributed by atoms with Crippen molar-refractivity contribution in [3.05, 3.63) is 12.2 Å². The third kappa shape index (κ3) is 4.46. The molecule has 2 aromatic heterocycles. The van der Waals surface area contributed by atoms with Crippen molar-refractivity contribution in [2.24, 2.45) is 5.92 Å². The minimum Gasteiger partial charge on any atom is -0.378 e. The number of nitrogens with one attached hydrogen (secondary N) is 1. The van der Waals surface area contributed by atoms with Gasteiger partial charge in [0, 0.05) is 6.04 Å². The van der Waals surface area contributed by atoms with Crippen LogP contribution in [0.25, 0.3) is 11.2 Å². The Morgan fingerprint density at radius 1 is 1.39 bits per heavy atom. The lowest BCUT2D eigenvalue weighted by Gasteiger charge is -2.30. The zero-order chi connectivity index (χ0) is 20.1. The number of aliphatic hydroxyl groups is 1. The molecule has 0 radical (unpaired) electrons. The largest absolute Gasteiger partial charge is 0.378 e. The molecule has 148 valence electrons. The summed E-state index contributed by atoms with van der Waals surface area (Å²) in [6, 6.07) is 0.292. The number of nitrogens with zero attached hydrogens (tertiary/aromatic N) is 4. The van der Waals surface area contributed by atoms with Crippen LogP contribution in [0.3, 0.4) is 0 Å². The molecule has 0 spiro atoms. The molecule has 2 aromatic rings. The second-order valence-corrected chi connectivity index (χ2v) is 7.79. The van der Waals surface area contributed by atoms with Crippen LogP contribution >= 0.6 is 0 Å². The van der Waals surface area contributed by atoms with Crippen molar-refractivity contribution in [1.29, 1.82) is 0 Å². The lowest BCUT2D eigenvalue weighted by Crippen LogP contribution is -2.32. The predicted octanol–water partition coefficient (Wildman–Crippen LogP) is 3.35. The van der Waals surface area contributed by atoms with Gasteiger partial charge in [-0.2, -0.15) is 0 Å². The van der Waals surface area contributed by atoms with Gasteiger partial charge in [0.25, 0.3) is 0 Å². The maximum Gasteiger partial charge on any atom is 0.209 e. The van der Waals surface area contributed by atoms with E-state index in [0.29, 0.717) is 54.2 Å². The fraction of sp³-hybridized carbons (Fsp3) is 0.591. The van der Waals surface area contributed by atoms with Gasteiger partial charge in [0.05, 0.1) is 12.9 Å². The van der Waals surface area contributed by atoms with Gasteiger partial charge >= 0.3 is 0 Å². The molecule has 3 rings (SSSR count). The van der Waals surface area contributed by atoms with Crippen LogP contribution < -0.4 is 5.32 Å². The topological polar surface area (TPSA) is 75.9 Å². The van der Waals surface area contributed by atoms with Gasteiger partial charge in [-0.15, -0.1) is 6.42 Å². The fourth-order valence-corrected chi connectivity index (χ4v) is 3.81. The summed E-state index contributed by atoms with van der Waals surface area (Å²) in [5.74, 6) is 10.2. The van der Waals surface area contributed by atoms with Crippen LogP contribution in [0.5, 0.6) is 0 Å². The van der Waals surface area contributed by atoms with Gasteiger partial charge in [-0.05, 0) is 43.9 Å². The highest BCUT2D eigenvalue weighted by Gasteiger charge is 2.30. The number of fused-ring (bicyclic) bond motifs is 1. The summed E-state index contributed by atoms with van der Waals surface area (Å²) in [6.45, 7) is 6.81. The first kappa shape index (κ1) is 20.2. The zero-order valence-electron chi connectivity index (χ0n) is 17.0. The zero-order valence-corrected chi connectivity index (χ0v) is 17.0. The number of hydrogen-bond donors (Lipinski definition) is 2. The highest BCUT2D eigenvalue weighted by molar-refractivity contribution is 5.83. The molecule has 0 amide bonds. The molecular weight excluding hydrogens is 350 g/mol. The number of anilines is 1. The Morgan fingerprint density at radius 3 is 2.86 bits per heavy atom. The van der Waals surface area contributed by atoms with Crippen LogP contribution in [0.4, 0.5) is 5.82 Å². The van der Waals surface area contributed by atoms with Gasteiger partial charge in [-0.1, -0.05) is 39.0 Å². The average Bonchev–Trinajstić information content (AvgIpc) is 3.08. The minimum absolute atomic E-state index is 0.292. The van der Waals surface area contributed by atoms with E-state index in [1.807, 2.05) is 4.57 Å². The maximum absolute atomic E-state index is 10.8. The molecular formula is C22H29N5O. The molecule has 1 aliphatic carbocycles. The van der Waals surface area contributed by atoms with E-state index in [1.54, 1.807) is 6.33 Å². The van der Waals surface area contributed by atoms with E-state index < -0.39 is 5.60 Å². The van der Waals surface area contributed by atoms with Gasteiger partial charge in [0.2, 0.25) is 5.82 Å². The first-order valence-electron chi connectivity index (χ1n) is 10.2. The maximum atomic E-state index is 10.8. The monoisotopic (exact) mass is 379 g/mol. The molecule has 0 aliphatic heterocycles. The highest BCUT2D eigenvalue weighted by Crippen LogP contribution is 2.31. The van der Waals surface area contributed by atoms with E-state index in [1.165, 1.54) is 0 Å². The molecule has 0 bridgehead atoms. The third-order valence-corrected chi connectivity index (χ3v) is 5.43. The molecule has 1 fully saturated rings. The minimum atomic E-state index is -0.960. The Morgan fingerprint density at radius 2 is 2.18 bits per heavy atom. The Bertz CT molecular complexity index is 928. The van der Waals surface area contributed by atoms with Crippen LogP contribution in [0.1, 0.15) is 65.1 Å². The van der Waals surface area contributed by atoms with Gasteiger partial charge in [-0.25, -0.2) is 15.0 Å². The molecule has 2 N–H and O–H groups in total. The molecule has 0 saturated heterocycles. The molecule has 0 unspecified atom stereocenters. The number of rotatable bonds is 5. The van der Waals surface area contributed by atoms with Gasteiger partial charge < -0.3 is 15.0 Å². The summed E-state index contributed by atoms with van der Waals surface area (Å²) in [5, 5.41) is 14.3. The third-order valence-electron chi connectivity index (χ3n) is 5.43. The summed E-state index contributed by atoms with van der Waals surface area (Å²) in [6.07, 6.45) is 12.6. The van der Waals surface area contributed by atoms with Crippen LogP contribution in [0.15, 0.2) is 6.33 Å². The molecule has 0 aromatic carbocycles. The Balaban J connectivity index is 2.01. The Hall–Kier alpha value is -2.57. The first-order valence-corrected chi connectivity index (χ1v) is 10.2. The second kappa shape index (κ2) is 8.63. The van der Waals surface area contributed by atoms with Crippen molar-refractivity contribution in [1.82, 2.24) is 19.5 Å². The molecule has 1 saturated carbocycles. The van der Waals surface area contributed by atoms with Crippen molar-refractivity contribution >= 4 is 17.0 Å². The van der Waals surface area contributed by atoms with E-state index in [2.05, 4.69) is 58.8 Å². The molecule has 2 heterocycles. The predicted molar refractivity (Wildman–Crippen MR) is 112 cm³/mol. The van der Waals surface area contributed by atoms with E-state index in [9.17, 15) is 5.11 Å². The molecule has 2 atom stereocenters. The first-order chi connectivity index (χ1) is 13.5. The summed E-state index contributed by atoms with van der Waals surface area (Å²) < 4.78 is 1.82. The molecule has 6 heteroatoms. The summed E-state index contributed by atoms with van der Waals surface area (Å²) in [7, 11) is 0. The second-order valence-electron chi connectivity index (χ2n) is 7.79. The molecule has 1 aliphatic rings. The highest BCUT2D eigenvalue weighted by atomic mass is 16.3. The van der Waals surface area contributed by atoms with Crippen molar-refractivity contribution in [3.63, 3.8) is 0 Å². The normalized spacial score (nSPS) is 21.9. The van der Waals surface area contributed by atoms with E-state index in [0.717, 1.165) is 25.7 Å². The van der Waals surface area contributed by atoms with Crippen molar-refractivity contribution in [2.45, 2.75) is 77.5 Å². The van der Waals surface area contributed by atoms with Crippen LogP contribution in [-0.2, 0) is 6.54 Å². The van der Waals surface area contributed by atoms with Crippen LogP contribution in [0.2, 0.25) is 0 Å². The number of terminal acetylenes is 1. The molecule has 6 nitrogen and oxygen atoms in total. The van der Waals surface area contributed by atoms with Crippen LogP contribution in [-0.4, -0.2) is 36.3 Å². The Labute approximate surface area is 167 Å². The van der Waals surface area contributed by atoms with Crippen molar-refractivity contribution in [3.8, 4) is 24.2 Å². The van der Waals surface area contributed by atoms with Gasteiger partial charge in [0.1, 0.15) is 5.60 Å². The van der Waals surface area contributed by atoms with Gasteiger partial charge in [0.15, 0.2) is 17.0 Å². The lowest BCUT2D eigenvalue weighted by molar-refractivity contribution is 0.0410. The van der Waals surface area contributed by atoms with Crippen LogP contribution in [0, 0.1) is 30.1 Å². The van der Waals surface area contributed by atoms with Crippen molar-refractivity contribution < 1.29 is 5.11 Å². The Kier molecular flexibility index (Phi) is 6.21. The fourth-order valence-electron chi connectivity index (χ4n) is 3.81. The van der Waals surface area contributed by atoms with E-state index in [4.69, 9.17) is 6.42 Å². The summed E-state index contributed by atoms with van der Waals surface area (Å²) >= 11 is 0. The summed E-state index contributed by atoms with van der Waals surface area (Å²) in [4.78, 5) is 13.6. The number of hydrogen-bond acceptors (Lipinski definition) is 5. The number of aromatic nitrogens is 4. The standard InChI is InChI=1S/C22H29N5O/c1-5-13-27-15-23-19-20(24-17(6-2)7-3)25-18(26-21(19)27)10-12-22(28)11-8-9-16(4)14-22/h1,15-17,28H,6-9,11,13-14H2,2-4H3,(H,24,25,26)/t16-,22-/m1/s1. The lowest BCUT2D eigenvalue weighted by atomic mass is 9.79. The SMILES string of the molecule is C#CCn1cnc2c(NC(CC)CC)nc(C#C[C@]3(O)CCC[C@@H](C)C3)nc21. The van der Waals surface area contributed by atoms with Gasteiger partial charge in [-0.3, -0.25) is 0 Å².